The van der Waals surface area contributed by atoms with Gasteiger partial charge in [0.05, 0.1) is 28.0 Å². The van der Waals surface area contributed by atoms with Crippen molar-refractivity contribution in [1.82, 2.24) is 0 Å². The number of sulfonamides is 1. The van der Waals surface area contributed by atoms with Crippen LogP contribution in [-0.2, 0) is 10.0 Å². The number of hydrogen-bond donors (Lipinski definition) is 1. The average molecular weight is 461 g/mol. The largest absolute Gasteiger partial charge is 0.321 e. The molecule has 3 rings (SSSR count). The van der Waals surface area contributed by atoms with Gasteiger partial charge < -0.3 is 5.32 Å². The Bertz CT molecular complexity index is 1180. The van der Waals surface area contributed by atoms with Crippen molar-refractivity contribution in [3.63, 3.8) is 0 Å². The molecule has 0 fully saturated rings. The van der Waals surface area contributed by atoms with E-state index in [0.29, 0.717) is 16.4 Å². The van der Waals surface area contributed by atoms with Crippen LogP contribution in [-0.4, -0.2) is 20.9 Å². The Morgan fingerprint density at radius 2 is 1.63 bits per heavy atom. The minimum absolute atomic E-state index is 0.00860. The van der Waals surface area contributed by atoms with Gasteiger partial charge in [-0.2, -0.15) is 0 Å². The van der Waals surface area contributed by atoms with Gasteiger partial charge in [0.15, 0.2) is 0 Å². The second-order valence-corrected chi connectivity index (χ2v) is 8.88. The maximum Gasteiger partial charge on any atom is 0.266 e. The molecule has 0 aliphatic heterocycles. The van der Waals surface area contributed by atoms with Crippen LogP contribution < -0.4 is 9.62 Å². The Balaban J connectivity index is 2.00. The van der Waals surface area contributed by atoms with Crippen molar-refractivity contribution in [3.05, 3.63) is 101 Å². The molecule has 0 atom stereocenters. The minimum atomic E-state index is -4.06. The minimum Gasteiger partial charge on any atom is -0.321 e. The van der Waals surface area contributed by atoms with Crippen molar-refractivity contribution in [2.24, 2.45) is 0 Å². The number of nitrogens with zero attached hydrogens (tertiary/aromatic N) is 1. The summed E-state index contributed by atoms with van der Waals surface area (Å²) in [5.74, 6) is -0.508. The van der Waals surface area contributed by atoms with Crippen LogP contribution in [0.25, 0.3) is 0 Å². The van der Waals surface area contributed by atoms with Gasteiger partial charge >= 0.3 is 0 Å². The first kappa shape index (κ1) is 21.9. The third-order valence-corrected chi connectivity index (χ3v) is 6.83. The Labute approximate surface area is 185 Å². The molecule has 0 spiro atoms. The molecule has 0 saturated heterocycles. The maximum atomic E-state index is 13.4. The summed E-state index contributed by atoms with van der Waals surface area (Å²) in [5, 5.41) is 3.05. The molecular weight excluding hydrogens is 443 g/mol. The van der Waals surface area contributed by atoms with Crippen LogP contribution in [0.5, 0.6) is 0 Å². The van der Waals surface area contributed by atoms with Crippen LogP contribution in [0.4, 0.5) is 11.4 Å². The summed E-state index contributed by atoms with van der Waals surface area (Å²) < 4.78 is 27.9. The van der Waals surface area contributed by atoms with Crippen LogP contribution in [0.15, 0.2) is 90.3 Å². The summed E-state index contributed by atoms with van der Waals surface area (Å²) in [4.78, 5) is 12.5. The molecule has 3 aromatic rings. The van der Waals surface area contributed by atoms with Gasteiger partial charge in [0.1, 0.15) is 4.90 Å². The number of carbonyl (C=O) groups is 1. The molecule has 0 unspecified atom stereocenters. The van der Waals surface area contributed by atoms with E-state index < -0.39 is 15.9 Å². The van der Waals surface area contributed by atoms with Crippen LogP contribution >= 0.6 is 23.2 Å². The lowest BCUT2D eigenvalue weighted by Gasteiger charge is -2.24. The molecule has 3 aromatic carbocycles. The van der Waals surface area contributed by atoms with E-state index in [-0.39, 0.29) is 22.0 Å². The fraction of sp³-hybridized carbons (Fsp3) is 0.0455. The van der Waals surface area contributed by atoms with E-state index >= 15 is 0 Å². The van der Waals surface area contributed by atoms with Gasteiger partial charge in [0.25, 0.3) is 15.9 Å². The maximum absolute atomic E-state index is 13.4. The predicted octanol–water partition coefficient (Wildman–Crippen LogP) is 5.63. The molecule has 0 aliphatic carbocycles. The van der Waals surface area contributed by atoms with Crippen molar-refractivity contribution in [3.8, 4) is 0 Å². The van der Waals surface area contributed by atoms with Gasteiger partial charge in [-0.1, -0.05) is 59.6 Å². The van der Waals surface area contributed by atoms with E-state index in [1.807, 2.05) is 0 Å². The van der Waals surface area contributed by atoms with Crippen LogP contribution in [0.3, 0.4) is 0 Å². The highest BCUT2D eigenvalue weighted by atomic mass is 35.5. The van der Waals surface area contributed by atoms with Crippen molar-refractivity contribution < 1.29 is 13.2 Å². The number of para-hydroxylation sites is 2. The molecule has 0 radical (unpaired) electrons. The Morgan fingerprint density at radius 3 is 2.30 bits per heavy atom. The standard InChI is InChI=1S/C22H18Cl2N2O3S/c1-2-14-26(17-8-4-3-5-9-17)30(28,29)21-15-16(12-13-19(21)24)22(27)25-20-11-7-6-10-18(20)23/h2-13,15H,1,14H2,(H,25,27). The molecule has 0 bridgehead atoms. The number of halogens is 2. The number of amides is 1. The number of hydrogen-bond acceptors (Lipinski definition) is 3. The highest BCUT2D eigenvalue weighted by molar-refractivity contribution is 7.93. The van der Waals surface area contributed by atoms with Crippen molar-refractivity contribution >= 4 is 50.5 Å². The zero-order chi connectivity index (χ0) is 21.7. The van der Waals surface area contributed by atoms with Gasteiger partial charge in [0, 0.05) is 5.56 Å². The summed E-state index contributed by atoms with van der Waals surface area (Å²) >= 11 is 12.3. The summed E-state index contributed by atoms with van der Waals surface area (Å²) in [6.07, 6.45) is 1.48. The van der Waals surface area contributed by atoms with Crippen LogP contribution in [0.1, 0.15) is 10.4 Å². The van der Waals surface area contributed by atoms with E-state index in [1.54, 1.807) is 54.6 Å². The lowest BCUT2D eigenvalue weighted by atomic mass is 10.2. The average Bonchev–Trinajstić information content (AvgIpc) is 2.74. The number of rotatable bonds is 7. The van der Waals surface area contributed by atoms with Crippen LogP contribution in [0, 0.1) is 0 Å². The number of nitrogens with one attached hydrogen (secondary N) is 1. The molecule has 5 nitrogen and oxygen atoms in total. The first-order valence-corrected chi connectivity index (χ1v) is 11.1. The molecule has 30 heavy (non-hydrogen) atoms. The highest BCUT2D eigenvalue weighted by Crippen LogP contribution is 2.30. The smallest absolute Gasteiger partial charge is 0.266 e. The van der Waals surface area contributed by atoms with E-state index in [2.05, 4.69) is 11.9 Å². The molecule has 154 valence electrons. The third kappa shape index (κ3) is 4.67. The summed E-state index contributed by atoms with van der Waals surface area (Å²) in [6.45, 7) is 3.68. The zero-order valence-corrected chi connectivity index (χ0v) is 18.1. The van der Waals surface area contributed by atoms with Gasteiger partial charge in [-0.05, 0) is 42.5 Å². The first-order chi connectivity index (χ1) is 14.3. The monoisotopic (exact) mass is 460 g/mol. The fourth-order valence-corrected chi connectivity index (χ4v) is 4.89. The molecule has 1 amide bonds. The second-order valence-electron chi connectivity index (χ2n) is 6.24. The van der Waals surface area contributed by atoms with E-state index in [9.17, 15) is 13.2 Å². The van der Waals surface area contributed by atoms with Crippen molar-refractivity contribution in [2.75, 3.05) is 16.2 Å². The zero-order valence-electron chi connectivity index (χ0n) is 15.8. The number of carbonyl (C=O) groups excluding carboxylic acids is 1. The normalized spacial score (nSPS) is 11.0. The molecule has 0 heterocycles. The summed E-state index contributed by atoms with van der Waals surface area (Å²) in [5.41, 5.74) is 1.00. The molecule has 0 aliphatic rings. The summed E-state index contributed by atoms with van der Waals surface area (Å²) in [7, 11) is -4.06. The topological polar surface area (TPSA) is 66.5 Å². The second kappa shape index (κ2) is 9.34. The third-order valence-electron chi connectivity index (χ3n) is 4.22. The Hall–Kier alpha value is -2.80. The van der Waals surface area contributed by atoms with E-state index in [0.717, 1.165) is 0 Å². The quantitative estimate of drug-likeness (QED) is 0.464. The Kier molecular flexibility index (Phi) is 6.82. The van der Waals surface area contributed by atoms with Gasteiger partial charge in [-0.25, -0.2) is 8.42 Å². The summed E-state index contributed by atoms with van der Waals surface area (Å²) in [6, 6.07) is 19.4. The SMILES string of the molecule is C=CCN(c1ccccc1)S(=O)(=O)c1cc(C(=O)Nc2ccccc2Cl)ccc1Cl. The Morgan fingerprint density at radius 1 is 0.967 bits per heavy atom. The van der Waals surface area contributed by atoms with Gasteiger partial charge in [-0.15, -0.1) is 6.58 Å². The molecule has 0 aromatic heterocycles. The highest BCUT2D eigenvalue weighted by Gasteiger charge is 2.27. The van der Waals surface area contributed by atoms with Gasteiger partial charge in [-0.3, -0.25) is 9.10 Å². The lowest BCUT2D eigenvalue weighted by Crippen LogP contribution is -2.31. The first-order valence-electron chi connectivity index (χ1n) is 8.88. The predicted molar refractivity (Wildman–Crippen MR) is 122 cm³/mol. The number of benzene rings is 3. The molecule has 8 heteroatoms. The van der Waals surface area contributed by atoms with Crippen molar-refractivity contribution in [2.45, 2.75) is 4.90 Å². The fourth-order valence-electron chi connectivity index (χ4n) is 2.77. The van der Waals surface area contributed by atoms with Crippen LogP contribution in [0.2, 0.25) is 10.0 Å². The van der Waals surface area contributed by atoms with E-state index in [1.165, 1.54) is 28.6 Å². The molecule has 1 N–H and O–H groups in total. The molecular formula is C22H18Cl2N2O3S. The lowest BCUT2D eigenvalue weighted by molar-refractivity contribution is 0.102. The van der Waals surface area contributed by atoms with Crippen molar-refractivity contribution in [1.29, 1.82) is 0 Å². The molecule has 0 saturated carbocycles. The van der Waals surface area contributed by atoms with Gasteiger partial charge in [0.2, 0.25) is 0 Å². The number of anilines is 2. The van der Waals surface area contributed by atoms with E-state index in [4.69, 9.17) is 23.2 Å².